The highest BCUT2D eigenvalue weighted by Gasteiger charge is 2.44. The molecular weight excluding hydrogens is 288 g/mol. The lowest BCUT2D eigenvalue weighted by Crippen LogP contribution is -2.59. The molecule has 1 aliphatic rings. The van der Waals surface area contributed by atoms with Crippen molar-refractivity contribution in [1.29, 1.82) is 0 Å². The Morgan fingerprint density at radius 1 is 0.864 bits per heavy atom. The molecule has 1 aliphatic heterocycles. The third kappa shape index (κ3) is 6.48. The van der Waals surface area contributed by atoms with Crippen molar-refractivity contribution in [2.24, 2.45) is 0 Å². The fraction of sp³-hybridized carbons (Fsp3) is 1.00. The maximum absolute atomic E-state index is 9.91. The largest absolute Gasteiger partial charge is 0.394 e. The normalized spacial score (nSPS) is 32.3. The van der Waals surface area contributed by atoms with Crippen LogP contribution in [0.2, 0.25) is 0 Å². The average molecular weight is 320 g/mol. The Bertz CT molecular complexity index is 273. The molecule has 0 aromatic rings. The third-order valence-corrected chi connectivity index (χ3v) is 4.15. The summed E-state index contributed by atoms with van der Waals surface area (Å²) >= 11 is 0. The first kappa shape index (κ1) is 19.8. The van der Waals surface area contributed by atoms with Crippen LogP contribution < -0.4 is 0 Å². The smallest absolute Gasteiger partial charge is 0.184 e. The lowest BCUT2D eigenvalue weighted by Gasteiger charge is -2.40. The first-order chi connectivity index (χ1) is 10.6. The van der Waals surface area contributed by atoms with Gasteiger partial charge in [0.05, 0.1) is 6.61 Å². The summed E-state index contributed by atoms with van der Waals surface area (Å²) in [7, 11) is 0. The number of hydrogen-bond acceptors (Lipinski definition) is 6. The van der Waals surface area contributed by atoms with Gasteiger partial charge in [-0.15, -0.1) is 0 Å². The second-order valence-electron chi connectivity index (χ2n) is 6.04. The van der Waals surface area contributed by atoms with Crippen LogP contribution >= 0.6 is 0 Å². The molecule has 0 saturated carbocycles. The standard InChI is InChI=1S/C16H32O6/c1-2-3-4-5-6-7-8-9-10-21-15-12(11-17)22-16(20)14(19)13(15)18/h12-20H,2-11H2,1H3/t12-,13-,14-,15-,16-/m1/s1. The van der Waals surface area contributed by atoms with Gasteiger partial charge < -0.3 is 29.9 Å². The maximum atomic E-state index is 9.91. The van der Waals surface area contributed by atoms with Gasteiger partial charge >= 0.3 is 0 Å². The molecule has 6 nitrogen and oxygen atoms in total. The second kappa shape index (κ2) is 11.3. The molecule has 0 unspecified atom stereocenters. The quantitative estimate of drug-likeness (QED) is 0.423. The van der Waals surface area contributed by atoms with Gasteiger partial charge in [-0.1, -0.05) is 51.9 Å². The van der Waals surface area contributed by atoms with Crippen LogP contribution in [0.3, 0.4) is 0 Å². The minimum Gasteiger partial charge on any atom is -0.394 e. The van der Waals surface area contributed by atoms with Crippen LogP contribution in [0.4, 0.5) is 0 Å². The van der Waals surface area contributed by atoms with Crippen molar-refractivity contribution in [3.63, 3.8) is 0 Å². The van der Waals surface area contributed by atoms with E-state index in [0.717, 1.165) is 12.8 Å². The van der Waals surface area contributed by atoms with Crippen molar-refractivity contribution < 1.29 is 29.9 Å². The Hall–Kier alpha value is -0.240. The summed E-state index contributed by atoms with van der Waals surface area (Å²) in [5, 5.41) is 38.1. The van der Waals surface area contributed by atoms with Gasteiger partial charge in [0.2, 0.25) is 0 Å². The summed E-state index contributed by atoms with van der Waals surface area (Å²) in [6, 6.07) is 0. The van der Waals surface area contributed by atoms with Crippen molar-refractivity contribution in [3.8, 4) is 0 Å². The topological polar surface area (TPSA) is 99.4 Å². The summed E-state index contributed by atoms with van der Waals surface area (Å²) in [6.45, 7) is 2.28. The molecule has 0 aromatic heterocycles. The molecular formula is C16H32O6. The number of aliphatic hydroxyl groups excluding tert-OH is 4. The molecule has 1 saturated heterocycles. The van der Waals surface area contributed by atoms with Gasteiger partial charge in [-0.3, -0.25) is 0 Å². The van der Waals surface area contributed by atoms with Crippen LogP contribution in [-0.4, -0.2) is 64.3 Å². The van der Waals surface area contributed by atoms with E-state index in [1.54, 1.807) is 0 Å². The van der Waals surface area contributed by atoms with E-state index in [-0.39, 0.29) is 6.61 Å². The zero-order valence-electron chi connectivity index (χ0n) is 13.6. The fourth-order valence-corrected chi connectivity index (χ4v) is 2.73. The van der Waals surface area contributed by atoms with Crippen LogP contribution in [0.15, 0.2) is 0 Å². The van der Waals surface area contributed by atoms with Crippen molar-refractivity contribution >= 4 is 0 Å². The molecule has 0 amide bonds. The van der Waals surface area contributed by atoms with Gasteiger partial charge in [0.15, 0.2) is 6.29 Å². The van der Waals surface area contributed by atoms with Crippen LogP contribution in [0.5, 0.6) is 0 Å². The maximum Gasteiger partial charge on any atom is 0.184 e. The number of hydrogen-bond donors (Lipinski definition) is 4. The van der Waals surface area contributed by atoms with Crippen LogP contribution in [0.25, 0.3) is 0 Å². The average Bonchev–Trinajstić information content (AvgIpc) is 2.52. The Morgan fingerprint density at radius 2 is 1.45 bits per heavy atom. The van der Waals surface area contributed by atoms with E-state index in [2.05, 4.69) is 6.92 Å². The number of ether oxygens (including phenoxy) is 2. The molecule has 0 spiro atoms. The highest BCUT2D eigenvalue weighted by atomic mass is 16.6. The Labute approximate surface area is 133 Å². The predicted octanol–water partition coefficient (Wildman–Crippen LogP) is 0.944. The van der Waals surface area contributed by atoms with Gasteiger partial charge in [0, 0.05) is 6.61 Å². The van der Waals surface area contributed by atoms with E-state index in [4.69, 9.17) is 9.47 Å². The molecule has 4 N–H and O–H groups in total. The van der Waals surface area contributed by atoms with Crippen molar-refractivity contribution in [3.05, 3.63) is 0 Å². The highest BCUT2D eigenvalue weighted by Crippen LogP contribution is 2.22. The third-order valence-electron chi connectivity index (χ3n) is 4.15. The summed E-state index contributed by atoms with van der Waals surface area (Å²) < 4.78 is 10.6. The molecule has 1 rings (SSSR count). The van der Waals surface area contributed by atoms with E-state index >= 15 is 0 Å². The molecule has 1 fully saturated rings. The van der Waals surface area contributed by atoms with Gasteiger partial charge in [-0.25, -0.2) is 0 Å². The molecule has 0 bridgehead atoms. The molecule has 5 atom stereocenters. The monoisotopic (exact) mass is 320 g/mol. The predicted molar refractivity (Wildman–Crippen MR) is 82.3 cm³/mol. The number of rotatable bonds is 11. The number of aliphatic hydroxyl groups is 4. The zero-order chi connectivity index (χ0) is 16.4. The molecule has 0 aliphatic carbocycles. The van der Waals surface area contributed by atoms with Crippen LogP contribution in [0.1, 0.15) is 58.3 Å². The lowest BCUT2D eigenvalue weighted by atomic mass is 9.99. The van der Waals surface area contributed by atoms with Crippen LogP contribution in [0, 0.1) is 0 Å². The summed E-state index contributed by atoms with van der Waals surface area (Å²) in [5.41, 5.74) is 0. The van der Waals surface area contributed by atoms with E-state index in [9.17, 15) is 20.4 Å². The number of unbranched alkanes of at least 4 members (excludes halogenated alkanes) is 7. The first-order valence-corrected chi connectivity index (χ1v) is 8.54. The van der Waals surface area contributed by atoms with E-state index < -0.39 is 30.7 Å². The molecule has 132 valence electrons. The molecule has 0 radical (unpaired) electrons. The highest BCUT2D eigenvalue weighted by molar-refractivity contribution is 4.89. The zero-order valence-corrected chi connectivity index (χ0v) is 13.6. The van der Waals surface area contributed by atoms with E-state index in [0.29, 0.717) is 6.61 Å². The fourth-order valence-electron chi connectivity index (χ4n) is 2.73. The molecule has 0 aromatic carbocycles. The second-order valence-corrected chi connectivity index (χ2v) is 6.04. The Balaban J connectivity index is 2.14. The molecule has 1 heterocycles. The summed E-state index contributed by atoms with van der Waals surface area (Å²) in [5.74, 6) is 0. The van der Waals surface area contributed by atoms with Crippen LogP contribution in [-0.2, 0) is 9.47 Å². The van der Waals surface area contributed by atoms with Gasteiger partial charge in [-0.05, 0) is 6.42 Å². The molecule has 6 heteroatoms. The van der Waals surface area contributed by atoms with Gasteiger partial charge in [0.25, 0.3) is 0 Å². The first-order valence-electron chi connectivity index (χ1n) is 8.54. The minimum absolute atomic E-state index is 0.372. The Kier molecular flexibility index (Phi) is 10.2. The van der Waals surface area contributed by atoms with Crippen molar-refractivity contribution in [2.75, 3.05) is 13.2 Å². The van der Waals surface area contributed by atoms with Crippen molar-refractivity contribution in [2.45, 2.75) is 89.0 Å². The lowest BCUT2D eigenvalue weighted by molar-refractivity contribution is -0.294. The van der Waals surface area contributed by atoms with Gasteiger partial charge in [0.1, 0.15) is 24.4 Å². The summed E-state index contributed by atoms with van der Waals surface area (Å²) in [6.07, 6.45) is 3.69. The SMILES string of the molecule is CCCCCCCCCCO[C@H]1[C@H](O)[C@@H](O)[C@H](O)O[C@@H]1CO. The Morgan fingerprint density at radius 3 is 2.05 bits per heavy atom. The molecule has 22 heavy (non-hydrogen) atoms. The van der Waals surface area contributed by atoms with Gasteiger partial charge in [-0.2, -0.15) is 0 Å². The van der Waals surface area contributed by atoms with E-state index in [1.165, 1.54) is 38.5 Å². The summed E-state index contributed by atoms with van der Waals surface area (Å²) in [4.78, 5) is 0. The van der Waals surface area contributed by atoms with Crippen molar-refractivity contribution in [1.82, 2.24) is 0 Å². The van der Waals surface area contributed by atoms with E-state index in [1.807, 2.05) is 0 Å². The minimum atomic E-state index is -1.49.